The normalized spacial score (nSPS) is 19.7. The summed E-state index contributed by atoms with van der Waals surface area (Å²) in [7, 11) is 0. The first-order valence-electron chi connectivity index (χ1n) is 7.72. The molecule has 1 amide bonds. The number of hydrogen-bond donors (Lipinski definition) is 1. The first-order valence-corrected chi connectivity index (χ1v) is 8.10. The van der Waals surface area contributed by atoms with Gasteiger partial charge in [0.15, 0.2) is 0 Å². The SMILES string of the molecule is Cc1cc(C2C(=O)Nc3ccc(Cl)cc3C2c2ccccc2)on1. The Morgan fingerprint density at radius 2 is 1.88 bits per heavy atom. The molecule has 1 N–H and O–H groups in total. The highest BCUT2D eigenvalue weighted by molar-refractivity contribution is 6.30. The molecule has 2 aromatic carbocycles. The standard InChI is InChI=1S/C19H15ClN2O2/c1-11-9-16(24-22-11)18-17(12-5-3-2-4-6-12)14-10-13(20)7-8-15(14)21-19(18)23/h2-10,17-18H,1H3,(H,21,23). The lowest BCUT2D eigenvalue weighted by Gasteiger charge is -2.32. The highest BCUT2D eigenvalue weighted by Gasteiger charge is 2.40. The highest BCUT2D eigenvalue weighted by atomic mass is 35.5. The number of rotatable bonds is 2. The zero-order valence-corrected chi connectivity index (χ0v) is 13.7. The van der Waals surface area contributed by atoms with Crippen LogP contribution in [0.25, 0.3) is 0 Å². The molecule has 4 rings (SSSR count). The van der Waals surface area contributed by atoms with Gasteiger partial charge in [-0.05, 0) is 36.2 Å². The van der Waals surface area contributed by atoms with Crippen LogP contribution in [0.15, 0.2) is 59.1 Å². The number of benzene rings is 2. The number of anilines is 1. The van der Waals surface area contributed by atoms with Gasteiger partial charge in [-0.15, -0.1) is 0 Å². The number of hydrogen-bond acceptors (Lipinski definition) is 3. The van der Waals surface area contributed by atoms with Crippen LogP contribution >= 0.6 is 11.6 Å². The molecule has 1 aliphatic rings. The molecule has 2 heterocycles. The number of nitrogens with zero attached hydrogens (tertiary/aromatic N) is 1. The summed E-state index contributed by atoms with van der Waals surface area (Å²) >= 11 is 6.22. The second-order valence-electron chi connectivity index (χ2n) is 5.96. The van der Waals surface area contributed by atoms with Gasteiger partial charge in [-0.2, -0.15) is 0 Å². The molecule has 4 nitrogen and oxygen atoms in total. The number of nitrogens with one attached hydrogen (secondary N) is 1. The minimum Gasteiger partial charge on any atom is -0.360 e. The Morgan fingerprint density at radius 3 is 2.58 bits per heavy atom. The smallest absolute Gasteiger partial charge is 0.236 e. The second-order valence-corrected chi connectivity index (χ2v) is 6.39. The van der Waals surface area contributed by atoms with E-state index >= 15 is 0 Å². The third kappa shape index (κ3) is 2.49. The van der Waals surface area contributed by atoms with Gasteiger partial charge < -0.3 is 9.84 Å². The Labute approximate surface area is 144 Å². The topological polar surface area (TPSA) is 55.1 Å². The molecule has 0 aliphatic carbocycles. The van der Waals surface area contributed by atoms with Crippen LogP contribution in [-0.4, -0.2) is 11.1 Å². The van der Waals surface area contributed by atoms with Crippen molar-refractivity contribution in [2.24, 2.45) is 0 Å². The monoisotopic (exact) mass is 338 g/mol. The van der Waals surface area contributed by atoms with Crippen molar-refractivity contribution in [3.05, 3.63) is 82.2 Å². The molecular weight excluding hydrogens is 324 g/mol. The third-order valence-electron chi connectivity index (χ3n) is 4.33. The van der Waals surface area contributed by atoms with Gasteiger partial charge in [-0.25, -0.2) is 0 Å². The van der Waals surface area contributed by atoms with Gasteiger partial charge in [0.1, 0.15) is 11.7 Å². The fourth-order valence-corrected chi connectivity index (χ4v) is 3.48. The van der Waals surface area contributed by atoms with Gasteiger partial charge in [0.05, 0.1) is 5.69 Å². The van der Waals surface area contributed by atoms with Crippen LogP contribution < -0.4 is 5.32 Å². The number of aryl methyl sites for hydroxylation is 1. The summed E-state index contributed by atoms with van der Waals surface area (Å²) in [5.41, 5.74) is 3.55. The van der Waals surface area contributed by atoms with Crippen molar-refractivity contribution >= 4 is 23.2 Å². The summed E-state index contributed by atoms with van der Waals surface area (Å²) in [5, 5.41) is 7.54. The van der Waals surface area contributed by atoms with Gasteiger partial charge in [0.2, 0.25) is 5.91 Å². The average Bonchev–Trinajstić information content (AvgIpc) is 3.01. The van der Waals surface area contributed by atoms with E-state index in [-0.39, 0.29) is 11.8 Å². The fourth-order valence-electron chi connectivity index (χ4n) is 3.30. The minimum atomic E-state index is -0.487. The van der Waals surface area contributed by atoms with Crippen molar-refractivity contribution in [2.75, 3.05) is 5.32 Å². The maximum atomic E-state index is 12.8. The maximum Gasteiger partial charge on any atom is 0.236 e. The van der Waals surface area contributed by atoms with Crippen LogP contribution in [-0.2, 0) is 4.79 Å². The zero-order valence-electron chi connectivity index (χ0n) is 13.0. The lowest BCUT2D eigenvalue weighted by atomic mass is 9.76. The first-order chi connectivity index (χ1) is 11.6. The van der Waals surface area contributed by atoms with E-state index in [2.05, 4.69) is 10.5 Å². The summed E-state index contributed by atoms with van der Waals surface area (Å²) < 4.78 is 5.43. The zero-order chi connectivity index (χ0) is 16.7. The number of fused-ring (bicyclic) bond motifs is 1. The summed E-state index contributed by atoms with van der Waals surface area (Å²) in [4.78, 5) is 12.8. The number of carbonyl (C=O) groups is 1. The predicted molar refractivity (Wildman–Crippen MR) is 92.3 cm³/mol. The molecule has 1 aromatic heterocycles. The Kier molecular flexibility index (Phi) is 3.62. The number of amides is 1. The molecule has 2 unspecified atom stereocenters. The molecule has 0 saturated heterocycles. The Morgan fingerprint density at radius 1 is 1.08 bits per heavy atom. The van der Waals surface area contributed by atoms with E-state index in [4.69, 9.17) is 16.1 Å². The second kappa shape index (κ2) is 5.80. The molecule has 24 heavy (non-hydrogen) atoms. The van der Waals surface area contributed by atoms with E-state index in [1.807, 2.05) is 55.5 Å². The van der Waals surface area contributed by atoms with E-state index in [0.29, 0.717) is 10.8 Å². The van der Waals surface area contributed by atoms with Crippen LogP contribution in [0.1, 0.15) is 34.4 Å². The van der Waals surface area contributed by atoms with Gasteiger partial charge in [0.25, 0.3) is 0 Å². The Hall–Kier alpha value is -2.59. The van der Waals surface area contributed by atoms with E-state index in [1.54, 1.807) is 6.07 Å². The highest BCUT2D eigenvalue weighted by Crippen LogP contribution is 2.46. The van der Waals surface area contributed by atoms with Gasteiger partial charge >= 0.3 is 0 Å². The molecule has 2 atom stereocenters. The largest absolute Gasteiger partial charge is 0.360 e. The van der Waals surface area contributed by atoms with Gasteiger partial charge in [0, 0.05) is 22.7 Å². The van der Waals surface area contributed by atoms with E-state index in [0.717, 1.165) is 22.5 Å². The molecule has 5 heteroatoms. The van der Waals surface area contributed by atoms with Crippen molar-refractivity contribution < 1.29 is 9.32 Å². The van der Waals surface area contributed by atoms with Crippen LogP contribution in [0, 0.1) is 6.92 Å². The molecule has 3 aromatic rings. The summed E-state index contributed by atoms with van der Waals surface area (Å²) in [6.07, 6.45) is 0. The van der Waals surface area contributed by atoms with Crippen molar-refractivity contribution in [2.45, 2.75) is 18.8 Å². The lowest BCUT2D eigenvalue weighted by molar-refractivity contribution is -0.118. The van der Waals surface area contributed by atoms with E-state index < -0.39 is 5.92 Å². The summed E-state index contributed by atoms with van der Waals surface area (Å²) in [5.74, 6) is -0.208. The number of halogens is 1. The van der Waals surface area contributed by atoms with E-state index in [9.17, 15) is 4.79 Å². The summed E-state index contributed by atoms with van der Waals surface area (Å²) in [6.45, 7) is 1.84. The molecular formula is C19H15ClN2O2. The number of aromatic nitrogens is 1. The number of carbonyl (C=O) groups excluding carboxylic acids is 1. The fraction of sp³-hybridized carbons (Fsp3) is 0.158. The summed E-state index contributed by atoms with van der Waals surface area (Å²) in [6, 6.07) is 17.3. The lowest BCUT2D eigenvalue weighted by Crippen LogP contribution is -2.32. The molecule has 1 aliphatic heterocycles. The van der Waals surface area contributed by atoms with Gasteiger partial charge in [-0.1, -0.05) is 47.1 Å². The molecule has 120 valence electrons. The van der Waals surface area contributed by atoms with Crippen LogP contribution in [0.2, 0.25) is 5.02 Å². The van der Waals surface area contributed by atoms with Crippen molar-refractivity contribution in [1.29, 1.82) is 0 Å². The van der Waals surface area contributed by atoms with Crippen LogP contribution in [0.3, 0.4) is 0 Å². The third-order valence-corrected chi connectivity index (χ3v) is 4.57. The van der Waals surface area contributed by atoms with Gasteiger partial charge in [-0.3, -0.25) is 4.79 Å². The van der Waals surface area contributed by atoms with Crippen LogP contribution in [0.5, 0.6) is 0 Å². The molecule has 0 spiro atoms. The minimum absolute atomic E-state index is 0.102. The Bertz CT molecular complexity index is 905. The van der Waals surface area contributed by atoms with E-state index in [1.165, 1.54) is 0 Å². The molecule has 0 radical (unpaired) electrons. The van der Waals surface area contributed by atoms with Crippen LogP contribution in [0.4, 0.5) is 5.69 Å². The van der Waals surface area contributed by atoms with Crippen molar-refractivity contribution in [1.82, 2.24) is 5.16 Å². The van der Waals surface area contributed by atoms with Crippen molar-refractivity contribution in [3.63, 3.8) is 0 Å². The first kappa shape index (κ1) is 15.0. The average molecular weight is 339 g/mol. The quantitative estimate of drug-likeness (QED) is 0.748. The predicted octanol–water partition coefficient (Wildman–Crippen LogP) is 4.50. The molecule has 0 fully saturated rings. The molecule has 0 saturated carbocycles. The molecule has 0 bridgehead atoms. The van der Waals surface area contributed by atoms with Crippen molar-refractivity contribution in [3.8, 4) is 0 Å². The maximum absolute atomic E-state index is 12.8. The Balaban J connectivity index is 1.93.